The quantitative estimate of drug-likeness (QED) is 0.874. The summed E-state index contributed by atoms with van der Waals surface area (Å²) in [6.07, 6.45) is 0.728. The van der Waals surface area contributed by atoms with Crippen LogP contribution in [0.4, 0.5) is 0 Å². The summed E-state index contributed by atoms with van der Waals surface area (Å²) in [7, 11) is 1.50. The summed E-state index contributed by atoms with van der Waals surface area (Å²) in [6, 6.07) is 5.38. The number of halogens is 2. The van der Waals surface area contributed by atoms with E-state index in [0.717, 1.165) is 10.0 Å². The molecule has 1 N–H and O–H groups in total. The Morgan fingerprint density at radius 2 is 2.00 bits per heavy atom. The molecular formula is C14H17BrClNO3. The van der Waals surface area contributed by atoms with Crippen molar-refractivity contribution < 1.29 is 14.7 Å². The van der Waals surface area contributed by atoms with Crippen molar-refractivity contribution in [2.45, 2.75) is 32.2 Å². The number of likely N-dealkylation sites (N-methyl/N-ethyl adjacent to an activating group) is 1. The van der Waals surface area contributed by atoms with Gasteiger partial charge >= 0.3 is 5.97 Å². The molecule has 4 nitrogen and oxygen atoms in total. The largest absolute Gasteiger partial charge is 0.480 e. The lowest BCUT2D eigenvalue weighted by Crippen LogP contribution is -2.50. The molecule has 0 radical (unpaired) electrons. The van der Waals surface area contributed by atoms with Crippen LogP contribution >= 0.6 is 27.5 Å². The number of benzene rings is 1. The van der Waals surface area contributed by atoms with Crippen LogP contribution in [0.5, 0.6) is 0 Å². The van der Waals surface area contributed by atoms with Gasteiger partial charge in [-0.3, -0.25) is 4.79 Å². The van der Waals surface area contributed by atoms with Crippen molar-refractivity contribution in [1.29, 1.82) is 0 Å². The van der Waals surface area contributed by atoms with Crippen LogP contribution in [0.1, 0.15) is 25.8 Å². The number of amides is 1. The lowest BCUT2D eigenvalue weighted by molar-refractivity contribution is -0.155. The molecule has 20 heavy (non-hydrogen) atoms. The Morgan fingerprint density at radius 3 is 2.55 bits per heavy atom. The fraction of sp³-hybridized carbons (Fsp3) is 0.429. The van der Waals surface area contributed by atoms with E-state index in [1.165, 1.54) is 25.8 Å². The van der Waals surface area contributed by atoms with Gasteiger partial charge in [-0.05, 0) is 44.0 Å². The summed E-state index contributed by atoms with van der Waals surface area (Å²) >= 11 is 9.32. The second-order valence-corrected chi connectivity index (χ2v) is 6.34. The Kier molecular flexibility index (Phi) is 5.59. The highest BCUT2D eigenvalue weighted by atomic mass is 79.9. The predicted molar refractivity (Wildman–Crippen MR) is 82.0 cm³/mol. The van der Waals surface area contributed by atoms with Gasteiger partial charge in [0.25, 0.3) is 0 Å². The number of carboxylic acid groups (broad SMARTS) is 1. The zero-order chi connectivity index (χ0) is 15.5. The molecule has 0 atom stereocenters. The number of nitrogens with zero attached hydrogens (tertiary/aromatic N) is 1. The Labute approximate surface area is 131 Å². The average Bonchev–Trinajstić information content (AvgIpc) is 2.38. The molecule has 0 aliphatic rings. The third-order valence-corrected chi connectivity index (χ3v) is 4.36. The molecule has 1 aromatic rings. The average molecular weight is 363 g/mol. The van der Waals surface area contributed by atoms with E-state index >= 15 is 0 Å². The lowest BCUT2D eigenvalue weighted by atomic mass is 10.0. The first-order chi connectivity index (χ1) is 9.16. The molecule has 0 unspecified atom stereocenters. The lowest BCUT2D eigenvalue weighted by Gasteiger charge is -2.31. The molecule has 1 amide bonds. The zero-order valence-corrected chi connectivity index (χ0v) is 14.0. The third kappa shape index (κ3) is 3.96. The van der Waals surface area contributed by atoms with Gasteiger partial charge in [0.2, 0.25) is 5.91 Å². The van der Waals surface area contributed by atoms with Crippen molar-refractivity contribution in [2.75, 3.05) is 7.05 Å². The first-order valence-electron chi connectivity index (χ1n) is 6.10. The van der Waals surface area contributed by atoms with Crippen LogP contribution in [-0.2, 0) is 16.0 Å². The first kappa shape index (κ1) is 17.0. The molecule has 0 bridgehead atoms. The number of carbonyl (C=O) groups is 2. The molecule has 6 heteroatoms. The van der Waals surface area contributed by atoms with E-state index in [2.05, 4.69) is 15.9 Å². The molecule has 0 aromatic heterocycles. The number of hydrogen-bond acceptors (Lipinski definition) is 2. The van der Waals surface area contributed by atoms with Gasteiger partial charge < -0.3 is 10.0 Å². The maximum atomic E-state index is 12.1. The minimum absolute atomic E-state index is 0.218. The topological polar surface area (TPSA) is 57.6 Å². The van der Waals surface area contributed by atoms with Gasteiger partial charge in [0, 0.05) is 23.0 Å². The van der Waals surface area contributed by atoms with Crippen molar-refractivity contribution in [2.24, 2.45) is 0 Å². The number of carbonyl (C=O) groups excluding carboxylic acids is 1. The molecule has 1 aromatic carbocycles. The molecule has 0 heterocycles. The minimum atomic E-state index is -1.22. The number of carboxylic acids is 1. The van der Waals surface area contributed by atoms with Crippen molar-refractivity contribution >= 4 is 39.4 Å². The van der Waals surface area contributed by atoms with Crippen LogP contribution < -0.4 is 0 Å². The second-order valence-electron chi connectivity index (χ2n) is 5.05. The molecule has 110 valence electrons. The maximum Gasteiger partial charge on any atom is 0.329 e. The molecule has 0 spiro atoms. The summed E-state index contributed by atoms with van der Waals surface area (Å²) in [4.78, 5) is 24.5. The van der Waals surface area contributed by atoms with E-state index < -0.39 is 11.5 Å². The van der Waals surface area contributed by atoms with Crippen LogP contribution in [0, 0.1) is 0 Å². The van der Waals surface area contributed by atoms with Crippen LogP contribution in [-0.4, -0.2) is 34.5 Å². The number of aliphatic carboxylic acids is 1. The van der Waals surface area contributed by atoms with E-state index in [-0.39, 0.29) is 12.3 Å². The smallest absolute Gasteiger partial charge is 0.329 e. The SMILES string of the molecule is CN(C(=O)CCc1cc(Cl)ccc1Br)C(C)(C)C(=O)O. The van der Waals surface area contributed by atoms with Gasteiger partial charge in [0.15, 0.2) is 0 Å². The molecule has 0 fully saturated rings. The molecule has 0 saturated carbocycles. The van der Waals surface area contributed by atoms with Crippen molar-refractivity contribution in [3.63, 3.8) is 0 Å². The Balaban J connectivity index is 2.73. The van der Waals surface area contributed by atoms with Gasteiger partial charge in [-0.15, -0.1) is 0 Å². The summed E-state index contributed by atoms with van der Waals surface area (Å²) in [5.74, 6) is -1.25. The fourth-order valence-electron chi connectivity index (χ4n) is 1.60. The number of rotatable bonds is 5. The molecular weight excluding hydrogens is 346 g/mol. The number of aryl methyl sites for hydroxylation is 1. The fourth-order valence-corrected chi connectivity index (χ4v) is 2.24. The van der Waals surface area contributed by atoms with Crippen LogP contribution in [0.25, 0.3) is 0 Å². The van der Waals surface area contributed by atoms with Gasteiger partial charge in [-0.2, -0.15) is 0 Å². The zero-order valence-electron chi connectivity index (χ0n) is 11.6. The molecule has 1 rings (SSSR count). The van der Waals surface area contributed by atoms with E-state index in [4.69, 9.17) is 16.7 Å². The van der Waals surface area contributed by atoms with Crippen LogP contribution in [0.2, 0.25) is 5.02 Å². The van der Waals surface area contributed by atoms with Gasteiger partial charge in [0.05, 0.1) is 0 Å². The van der Waals surface area contributed by atoms with Crippen molar-refractivity contribution in [3.05, 3.63) is 33.3 Å². The second kappa shape index (κ2) is 6.59. The minimum Gasteiger partial charge on any atom is -0.480 e. The summed E-state index contributed by atoms with van der Waals surface area (Å²) in [5.41, 5.74) is -0.296. The van der Waals surface area contributed by atoms with Gasteiger partial charge in [-0.1, -0.05) is 27.5 Å². The highest BCUT2D eigenvalue weighted by molar-refractivity contribution is 9.10. The summed E-state index contributed by atoms with van der Waals surface area (Å²) in [6.45, 7) is 3.01. The monoisotopic (exact) mass is 361 g/mol. The molecule has 0 saturated heterocycles. The maximum absolute atomic E-state index is 12.1. The Hall–Kier alpha value is -1.07. The van der Waals surface area contributed by atoms with E-state index in [0.29, 0.717) is 11.4 Å². The Bertz CT molecular complexity index is 531. The van der Waals surface area contributed by atoms with Gasteiger partial charge in [-0.25, -0.2) is 4.79 Å². The predicted octanol–water partition coefficient (Wildman–Crippen LogP) is 3.36. The normalized spacial score (nSPS) is 11.2. The van der Waals surface area contributed by atoms with Gasteiger partial charge in [0.1, 0.15) is 5.54 Å². The molecule has 0 aliphatic carbocycles. The number of hydrogen-bond donors (Lipinski definition) is 1. The highest BCUT2D eigenvalue weighted by Gasteiger charge is 2.34. The highest BCUT2D eigenvalue weighted by Crippen LogP contribution is 2.23. The summed E-state index contributed by atoms with van der Waals surface area (Å²) in [5, 5.41) is 9.71. The van der Waals surface area contributed by atoms with Crippen molar-refractivity contribution in [3.8, 4) is 0 Å². The van der Waals surface area contributed by atoms with Crippen molar-refractivity contribution in [1.82, 2.24) is 4.90 Å². The standard InChI is InChI=1S/C14H17BrClNO3/c1-14(2,13(19)20)17(3)12(18)7-4-9-8-10(16)5-6-11(9)15/h5-6,8H,4,7H2,1-3H3,(H,19,20). The third-order valence-electron chi connectivity index (χ3n) is 3.35. The summed E-state index contributed by atoms with van der Waals surface area (Å²) < 4.78 is 0.884. The van der Waals surface area contributed by atoms with Crippen LogP contribution in [0.3, 0.4) is 0 Å². The van der Waals surface area contributed by atoms with E-state index in [9.17, 15) is 9.59 Å². The van der Waals surface area contributed by atoms with E-state index in [1.807, 2.05) is 6.07 Å². The molecule has 0 aliphatic heterocycles. The van der Waals surface area contributed by atoms with Crippen LogP contribution in [0.15, 0.2) is 22.7 Å². The van der Waals surface area contributed by atoms with E-state index in [1.54, 1.807) is 12.1 Å². The Morgan fingerprint density at radius 1 is 1.40 bits per heavy atom. The first-order valence-corrected chi connectivity index (χ1v) is 7.27.